The smallest absolute Gasteiger partial charge is 0.297 e. The van der Waals surface area contributed by atoms with Gasteiger partial charge < -0.3 is 29.0 Å². The number of halogens is 3. The number of H-pyrrole nitrogens is 1. The summed E-state index contributed by atoms with van der Waals surface area (Å²) in [4.78, 5) is 51.1. The van der Waals surface area contributed by atoms with Crippen molar-refractivity contribution < 1.29 is 37.0 Å². The molecule has 2 aliphatic heterocycles. The van der Waals surface area contributed by atoms with Crippen LogP contribution in [0.1, 0.15) is 57.8 Å². The number of hydrogen-bond acceptors (Lipinski definition) is 9. The van der Waals surface area contributed by atoms with E-state index in [2.05, 4.69) is 19.9 Å². The first-order valence-corrected chi connectivity index (χ1v) is 16.4. The minimum absolute atomic E-state index is 0.0394. The Labute approximate surface area is 291 Å². The molecule has 0 saturated carbocycles. The first kappa shape index (κ1) is 36.8. The molecule has 5 aromatic rings. The molecule has 2 saturated heterocycles. The van der Waals surface area contributed by atoms with Gasteiger partial charge in [-0.15, -0.1) is 0 Å². The van der Waals surface area contributed by atoms with Crippen LogP contribution in [0, 0.1) is 11.7 Å². The molecular weight excluding hydrogens is 669 g/mol. The summed E-state index contributed by atoms with van der Waals surface area (Å²) in [6.45, 7) is 8.19. The number of carbonyl (C=O) groups is 2. The Morgan fingerprint density at radius 1 is 1.18 bits per heavy atom. The molecular formula is C36H39F3N6O6. The number of amides is 1. The van der Waals surface area contributed by atoms with Crippen LogP contribution >= 0.6 is 0 Å². The number of nitrogens with zero attached hydrogens (tertiary/aromatic N) is 5. The van der Waals surface area contributed by atoms with Gasteiger partial charge >= 0.3 is 0 Å². The Morgan fingerprint density at radius 2 is 1.88 bits per heavy atom. The highest BCUT2D eigenvalue weighted by atomic mass is 19.3. The zero-order chi connectivity index (χ0) is 36.9. The first-order valence-electron chi connectivity index (χ1n) is 16.4. The van der Waals surface area contributed by atoms with Crippen LogP contribution < -0.4 is 15.2 Å². The second-order valence-electron chi connectivity index (χ2n) is 12.7. The Morgan fingerprint density at radius 3 is 2.53 bits per heavy atom. The number of furan rings is 1. The fourth-order valence-electron chi connectivity index (χ4n) is 6.57. The Kier molecular flexibility index (Phi) is 11.3. The molecule has 2 aliphatic rings. The van der Waals surface area contributed by atoms with E-state index in [4.69, 9.17) is 19.1 Å². The summed E-state index contributed by atoms with van der Waals surface area (Å²) in [6, 6.07) is 10.6. The molecule has 0 aliphatic carbocycles. The lowest BCUT2D eigenvalue weighted by atomic mass is 9.68. The minimum Gasteiger partial charge on any atom is -0.483 e. The second kappa shape index (κ2) is 15.6. The normalized spacial score (nSPS) is 18.6. The number of benzene rings is 1. The molecule has 51 heavy (non-hydrogen) atoms. The van der Waals surface area contributed by atoms with Crippen molar-refractivity contribution in [2.24, 2.45) is 5.92 Å². The van der Waals surface area contributed by atoms with Crippen molar-refractivity contribution >= 4 is 40.3 Å². The van der Waals surface area contributed by atoms with Gasteiger partial charge in [0, 0.05) is 72.9 Å². The molecule has 4 aromatic heterocycles. The van der Waals surface area contributed by atoms with Crippen LogP contribution in [0.25, 0.3) is 33.2 Å². The van der Waals surface area contributed by atoms with Crippen LogP contribution in [0.3, 0.4) is 0 Å². The average molecular weight is 709 g/mol. The molecule has 1 unspecified atom stereocenters. The number of aromatic nitrogens is 4. The minimum atomic E-state index is -2.69. The van der Waals surface area contributed by atoms with Gasteiger partial charge in [-0.05, 0) is 43.4 Å². The Balaban J connectivity index is 0.000000188. The molecule has 12 nitrogen and oxygen atoms in total. The van der Waals surface area contributed by atoms with Crippen LogP contribution in [0.4, 0.5) is 19.0 Å². The van der Waals surface area contributed by atoms with Gasteiger partial charge in [-0.25, -0.2) is 28.1 Å². The summed E-state index contributed by atoms with van der Waals surface area (Å²) >= 11 is 0. The number of rotatable bonds is 5. The highest BCUT2D eigenvalue weighted by Gasteiger charge is 2.40. The number of alkyl halides is 2. The number of hydrogen-bond donors (Lipinski definition) is 2. The van der Waals surface area contributed by atoms with Crippen LogP contribution in [-0.2, 0) is 15.0 Å². The monoisotopic (exact) mass is 708 g/mol. The quantitative estimate of drug-likeness (QED) is 0.198. The van der Waals surface area contributed by atoms with Crippen molar-refractivity contribution in [3.05, 3.63) is 76.4 Å². The summed E-state index contributed by atoms with van der Waals surface area (Å²) in [7, 11) is 1.47. The van der Waals surface area contributed by atoms with Gasteiger partial charge in [-0.2, -0.15) is 0 Å². The molecule has 0 spiro atoms. The van der Waals surface area contributed by atoms with Crippen molar-refractivity contribution in [2.75, 3.05) is 38.2 Å². The number of carbonyl (C=O) groups excluding carboxylic acids is 1. The number of para-hydroxylation sites is 1. The number of piperidine rings is 1. The van der Waals surface area contributed by atoms with E-state index >= 15 is 0 Å². The number of nitrogens with one attached hydrogen (secondary N) is 1. The third-order valence-electron chi connectivity index (χ3n) is 9.62. The van der Waals surface area contributed by atoms with Crippen LogP contribution in [0.2, 0.25) is 0 Å². The molecule has 1 amide bonds. The lowest BCUT2D eigenvalue weighted by molar-refractivity contribution is -0.131. The maximum atomic E-state index is 14.3. The molecule has 0 radical (unpaired) electrons. The fourth-order valence-corrected chi connectivity index (χ4v) is 6.57. The second-order valence-corrected chi connectivity index (χ2v) is 12.7. The number of anilines is 1. The van der Waals surface area contributed by atoms with Gasteiger partial charge in [0.25, 0.3) is 18.5 Å². The van der Waals surface area contributed by atoms with Crippen molar-refractivity contribution in [2.45, 2.75) is 51.9 Å². The number of carboxylic acid groups (broad SMARTS) is 1. The van der Waals surface area contributed by atoms with E-state index in [9.17, 15) is 22.8 Å². The molecule has 2 N–H and O–H groups in total. The molecule has 2 atom stereocenters. The SMILES string of the molecule is COc1cc(-c2c[nH]c(=O)c([C@@]3(C)CCN(C(C)=O)CC3C)c2)c(F)cn1.FC(F)c1nc(N2CCCC2)c2oc3ccccc3c2n1.O=CO. The third kappa shape index (κ3) is 7.66. The van der Waals surface area contributed by atoms with Gasteiger partial charge in [0.15, 0.2) is 17.2 Å². The van der Waals surface area contributed by atoms with E-state index < -0.39 is 23.5 Å². The highest BCUT2D eigenvalue weighted by molar-refractivity contribution is 6.05. The molecule has 15 heteroatoms. The van der Waals surface area contributed by atoms with Crippen molar-refractivity contribution in [1.82, 2.24) is 24.8 Å². The number of methoxy groups -OCH3 is 1. The van der Waals surface area contributed by atoms with Crippen LogP contribution in [0.15, 0.2) is 58.0 Å². The predicted molar refractivity (Wildman–Crippen MR) is 185 cm³/mol. The van der Waals surface area contributed by atoms with Gasteiger partial charge in [-0.1, -0.05) is 26.0 Å². The molecule has 6 heterocycles. The molecule has 2 fully saturated rings. The summed E-state index contributed by atoms with van der Waals surface area (Å²) in [6.07, 6.45) is 2.66. The molecule has 7 rings (SSSR count). The number of fused-ring (bicyclic) bond motifs is 3. The number of pyridine rings is 2. The van der Waals surface area contributed by atoms with Crippen LogP contribution in [0.5, 0.6) is 5.88 Å². The largest absolute Gasteiger partial charge is 0.483 e. The fraction of sp³-hybridized carbons (Fsp3) is 0.389. The molecule has 0 bridgehead atoms. The van der Waals surface area contributed by atoms with E-state index in [1.165, 1.54) is 19.4 Å². The third-order valence-corrected chi connectivity index (χ3v) is 9.62. The maximum absolute atomic E-state index is 14.3. The van der Waals surface area contributed by atoms with Gasteiger partial charge in [0.05, 0.1) is 13.3 Å². The Bertz CT molecular complexity index is 2080. The number of likely N-dealkylation sites (tertiary alicyclic amines) is 1. The maximum Gasteiger partial charge on any atom is 0.297 e. The van der Waals surface area contributed by atoms with E-state index in [-0.39, 0.29) is 23.9 Å². The van der Waals surface area contributed by atoms with Crippen LogP contribution in [-0.4, -0.2) is 75.6 Å². The topological polar surface area (TPSA) is 155 Å². The number of aromatic amines is 1. The summed E-state index contributed by atoms with van der Waals surface area (Å²) in [5.41, 5.74) is 2.50. The summed E-state index contributed by atoms with van der Waals surface area (Å²) < 4.78 is 51.4. The lowest BCUT2D eigenvalue weighted by Gasteiger charge is -2.44. The zero-order valence-electron chi connectivity index (χ0n) is 28.7. The van der Waals surface area contributed by atoms with E-state index in [0.29, 0.717) is 64.6 Å². The van der Waals surface area contributed by atoms with Crippen molar-refractivity contribution in [3.8, 4) is 17.0 Å². The highest BCUT2D eigenvalue weighted by Crippen LogP contribution is 2.39. The van der Waals surface area contributed by atoms with E-state index in [0.717, 1.165) is 37.5 Å². The first-order chi connectivity index (χ1) is 24.4. The predicted octanol–water partition coefficient (Wildman–Crippen LogP) is 6.35. The van der Waals surface area contributed by atoms with Crippen molar-refractivity contribution in [3.63, 3.8) is 0 Å². The van der Waals surface area contributed by atoms with Gasteiger partial charge in [0.1, 0.15) is 16.9 Å². The molecule has 270 valence electrons. The Hall–Kier alpha value is -5.47. The van der Waals surface area contributed by atoms with Gasteiger partial charge in [-0.3, -0.25) is 14.4 Å². The van der Waals surface area contributed by atoms with E-state index in [1.807, 2.05) is 43.0 Å². The summed E-state index contributed by atoms with van der Waals surface area (Å²) in [5.74, 6) is -0.00677. The zero-order valence-corrected chi connectivity index (χ0v) is 28.7. The lowest BCUT2D eigenvalue weighted by Crippen LogP contribution is -2.50. The number of ether oxygens (including phenoxy) is 1. The van der Waals surface area contributed by atoms with E-state index in [1.54, 1.807) is 17.9 Å². The van der Waals surface area contributed by atoms with Crippen molar-refractivity contribution in [1.29, 1.82) is 0 Å². The standard InChI is InChI=1S/C20H24FN3O3.C15H13F2N3O.CH2O2/c1-12-11-24(13(2)25)6-5-20(12,3)16-7-14(9-23-19(16)26)15-8-18(27-4)22-10-17(15)21;16-13(17)14-18-11-9-5-1-2-6-10(9)21-12(11)15(19-14)20-7-3-4-8-20;2-1-3/h7-10,12H,5-6,11H2,1-4H3,(H,23,26);1-2,5-6,13H,3-4,7-8H2;1H,(H,2,3)/t12?,20-;;/m0../s1. The molecule has 1 aromatic carbocycles. The average Bonchev–Trinajstić information content (AvgIpc) is 3.79. The summed E-state index contributed by atoms with van der Waals surface area (Å²) in [5, 5.41) is 7.64. The van der Waals surface area contributed by atoms with Gasteiger partial charge in [0.2, 0.25) is 11.8 Å².